The molecule has 2 aromatic heterocycles. The largest absolute Gasteiger partial charge is 0.415 e. The molecule has 0 bridgehead atoms. The predicted octanol–water partition coefficient (Wildman–Crippen LogP) is 2.32. The van der Waals surface area contributed by atoms with Crippen LogP contribution in [0.15, 0.2) is 47.0 Å². The first-order valence-corrected chi connectivity index (χ1v) is 5.55. The maximum Gasteiger partial charge on any atom is 0.264 e. The summed E-state index contributed by atoms with van der Waals surface area (Å²) in [7, 11) is 1.93. The highest BCUT2D eigenvalue weighted by atomic mass is 16.4. The van der Waals surface area contributed by atoms with Crippen LogP contribution in [-0.4, -0.2) is 14.8 Å². The van der Waals surface area contributed by atoms with E-state index in [-0.39, 0.29) is 0 Å². The van der Waals surface area contributed by atoms with Crippen molar-refractivity contribution in [1.82, 2.24) is 14.8 Å². The Morgan fingerprint density at radius 3 is 2.67 bits per heavy atom. The molecule has 0 fully saturated rings. The predicted molar refractivity (Wildman–Crippen MR) is 68.6 cm³/mol. The molecule has 0 aliphatic rings. The second-order valence-corrected chi connectivity index (χ2v) is 4.04. The van der Waals surface area contributed by atoms with Gasteiger partial charge in [-0.05, 0) is 30.3 Å². The fourth-order valence-electron chi connectivity index (χ4n) is 1.80. The maximum absolute atomic E-state index is 5.73. The normalized spacial score (nSPS) is 10.7. The van der Waals surface area contributed by atoms with Gasteiger partial charge in [0.1, 0.15) is 5.69 Å². The van der Waals surface area contributed by atoms with E-state index in [1.54, 1.807) is 0 Å². The second kappa shape index (κ2) is 4.03. The van der Waals surface area contributed by atoms with Gasteiger partial charge in [0.05, 0.1) is 0 Å². The standard InChI is InChI=1S/C13H12N4O/c1-17-7-3-6-11(17)13-16-15-12(18-13)9-4-2-5-10(14)8-9/h2-8H,14H2,1H3. The number of nitrogens with two attached hydrogens (primary N) is 1. The summed E-state index contributed by atoms with van der Waals surface area (Å²) in [5.41, 5.74) is 8.11. The molecule has 2 N–H and O–H groups in total. The van der Waals surface area contributed by atoms with Gasteiger partial charge in [0.25, 0.3) is 5.89 Å². The van der Waals surface area contributed by atoms with E-state index in [2.05, 4.69) is 10.2 Å². The molecular weight excluding hydrogens is 228 g/mol. The fourth-order valence-corrected chi connectivity index (χ4v) is 1.80. The lowest BCUT2D eigenvalue weighted by atomic mass is 10.2. The highest BCUT2D eigenvalue weighted by Crippen LogP contribution is 2.24. The Hall–Kier alpha value is -2.56. The lowest BCUT2D eigenvalue weighted by molar-refractivity contribution is 0.578. The van der Waals surface area contributed by atoms with Crippen molar-refractivity contribution in [2.45, 2.75) is 0 Å². The minimum Gasteiger partial charge on any atom is -0.415 e. The van der Waals surface area contributed by atoms with Crippen LogP contribution in [0.2, 0.25) is 0 Å². The molecule has 2 heterocycles. The van der Waals surface area contributed by atoms with Crippen LogP contribution in [-0.2, 0) is 7.05 Å². The fraction of sp³-hybridized carbons (Fsp3) is 0.0769. The molecule has 0 saturated carbocycles. The number of benzene rings is 1. The molecule has 0 amide bonds. The van der Waals surface area contributed by atoms with Crippen LogP contribution in [0.3, 0.4) is 0 Å². The quantitative estimate of drug-likeness (QED) is 0.698. The van der Waals surface area contributed by atoms with E-state index in [9.17, 15) is 0 Å². The molecule has 3 rings (SSSR count). The number of anilines is 1. The van der Waals surface area contributed by atoms with Gasteiger partial charge in [0.15, 0.2) is 0 Å². The summed E-state index contributed by atoms with van der Waals surface area (Å²) in [6.45, 7) is 0. The van der Waals surface area contributed by atoms with Crippen LogP contribution in [0.1, 0.15) is 0 Å². The molecular formula is C13H12N4O. The number of hydrogen-bond donors (Lipinski definition) is 1. The van der Waals surface area contributed by atoms with Crippen LogP contribution in [0.25, 0.3) is 23.0 Å². The molecule has 18 heavy (non-hydrogen) atoms. The monoisotopic (exact) mass is 240 g/mol. The molecule has 0 aliphatic heterocycles. The first kappa shape index (κ1) is 10.6. The first-order chi connectivity index (χ1) is 8.74. The third-order valence-corrected chi connectivity index (χ3v) is 2.72. The first-order valence-electron chi connectivity index (χ1n) is 5.55. The molecule has 0 aliphatic carbocycles. The van der Waals surface area contributed by atoms with Crippen LogP contribution in [0.4, 0.5) is 5.69 Å². The third-order valence-electron chi connectivity index (χ3n) is 2.72. The number of nitrogen functional groups attached to an aromatic ring is 1. The molecule has 0 unspecified atom stereocenters. The van der Waals surface area contributed by atoms with Gasteiger partial charge < -0.3 is 14.7 Å². The van der Waals surface area contributed by atoms with E-state index in [1.165, 1.54) is 0 Å². The number of aryl methyl sites for hydroxylation is 1. The lowest BCUT2D eigenvalue weighted by Crippen LogP contribution is -1.88. The third kappa shape index (κ3) is 1.75. The van der Waals surface area contributed by atoms with E-state index in [0.29, 0.717) is 17.5 Å². The Morgan fingerprint density at radius 1 is 1.11 bits per heavy atom. The van der Waals surface area contributed by atoms with Gasteiger partial charge in [0.2, 0.25) is 5.89 Å². The van der Waals surface area contributed by atoms with E-state index in [4.69, 9.17) is 10.2 Å². The van der Waals surface area contributed by atoms with Crippen molar-refractivity contribution in [3.05, 3.63) is 42.6 Å². The second-order valence-electron chi connectivity index (χ2n) is 4.04. The zero-order valence-electron chi connectivity index (χ0n) is 9.87. The van der Waals surface area contributed by atoms with Crippen molar-refractivity contribution in [3.63, 3.8) is 0 Å². The number of aromatic nitrogens is 3. The van der Waals surface area contributed by atoms with Gasteiger partial charge in [-0.1, -0.05) is 6.07 Å². The summed E-state index contributed by atoms with van der Waals surface area (Å²) in [4.78, 5) is 0. The van der Waals surface area contributed by atoms with E-state index >= 15 is 0 Å². The lowest BCUT2D eigenvalue weighted by Gasteiger charge is -1.97. The molecule has 5 nitrogen and oxygen atoms in total. The van der Waals surface area contributed by atoms with Gasteiger partial charge in [-0.25, -0.2) is 0 Å². The molecule has 3 aromatic rings. The van der Waals surface area contributed by atoms with Crippen LogP contribution in [0, 0.1) is 0 Å². The molecule has 0 atom stereocenters. The van der Waals surface area contributed by atoms with E-state index < -0.39 is 0 Å². The Bertz CT molecular complexity index is 684. The summed E-state index contributed by atoms with van der Waals surface area (Å²) in [5, 5.41) is 8.09. The minimum atomic E-state index is 0.471. The zero-order valence-corrected chi connectivity index (χ0v) is 9.87. The van der Waals surface area contributed by atoms with E-state index in [0.717, 1.165) is 11.3 Å². The smallest absolute Gasteiger partial charge is 0.264 e. The minimum absolute atomic E-state index is 0.471. The van der Waals surface area contributed by atoms with Crippen molar-refractivity contribution >= 4 is 5.69 Å². The van der Waals surface area contributed by atoms with Gasteiger partial charge in [-0.15, -0.1) is 10.2 Å². The van der Waals surface area contributed by atoms with E-state index in [1.807, 2.05) is 54.2 Å². The van der Waals surface area contributed by atoms with Gasteiger partial charge >= 0.3 is 0 Å². The zero-order chi connectivity index (χ0) is 12.5. The molecule has 0 radical (unpaired) electrons. The Kier molecular flexibility index (Phi) is 2.37. The van der Waals surface area contributed by atoms with Crippen molar-refractivity contribution in [2.75, 3.05) is 5.73 Å². The molecule has 0 spiro atoms. The summed E-state index contributed by atoms with van der Waals surface area (Å²) in [5.74, 6) is 0.971. The average Bonchev–Trinajstić information content (AvgIpc) is 2.97. The van der Waals surface area contributed by atoms with Crippen LogP contribution >= 0.6 is 0 Å². The maximum atomic E-state index is 5.73. The van der Waals surface area contributed by atoms with Crippen molar-refractivity contribution in [3.8, 4) is 23.0 Å². The molecule has 1 aromatic carbocycles. The van der Waals surface area contributed by atoms with Crippen molar-refractivity contribution in [1.29, 1.82) is 0 Å². The summed E-state index contributed by atoms with van der Waals surface area (Å²) in [6.07, 6.45) is 1.93. The summed E-state index contributed by atoms with van der Waals surface area (Å²) in [6, 6.07) is 11.2. The highest BCUT2D eigenvalue weighted by Gasteiger charge is 2.12. The number of hydrogen-bond acceptors (Lipinski definition) is 4. The van der Waals surface area contributed by atoms with Crippen LogP contribution in [0.5, 0.6) is 0 Å². The Morgan fingerprint density at radius 2 is 1.94 bits per heavy atom. The Labute approximate surface area is 104 Å². The molecule has 90 valence electrons. The summed E-state index contributed by atoms with van der Waals surface area (Å²) >= 11 is 0. The van der Waals surface area contributed by atoms with Gasteiger partial charge in [-0.2, -0.15) is 0 Å². The number of rotatable bonds is 2. The van der Waals surface area contributed by atoms with Crippen molar-refractivity contribution in [2.24, 2.45) is 7.05 Å². The highest BCUT2D eigenvalue weighted by molar-refractivity contribution is 5.60. The SMILES string of the molecule is Cn1cccc1-c1nnc(-c2cccc(N)c2)o1. The summed E-state index contributed by atoms with van der Waals surface area (Å²) < 4.78 is 7.58. The van der Waals surface area contributed by atoms with Crippen molar-refractivity contribution < 1.29 is 4.42 Å². The van der Waals surface area contributed by atoms with Gasteiger partial charge in [-0.3, -0.25) is 0 Å². The Balaban J connectivity index is 2.02. The molecule has 5 heteroatoms. The number of nitrogens with zero attached hydrogens (tertiary/aromatic N) is 3. The van der Waals surface area contributed by atoms with Crippen LogP contribution < -0.4 is 5.73 Å². The van der Waals surface area contributed by atoms with Gasteiger partial charge in [0, 0.05) is 24.5 Å². The topological polar surface area (TPSA) is 69.9 Å². The average molecular weight is 240 g/mol. The molecule has 0 saturated heterocycles.